The summed E-state index contributed by atoms with van der Waals surface area (Å²) in [4.78, 5) is 14.0. The van der Waals surface area contributed by atoms with E-state index in [2.05, 4.69) is 11.4 Å². The molecule has 5 heteroatoms. The Morgan fingerprint density at radius 1 is 1.03 bits per heavy atom. The van der Waals surface area contributed by atoms with Crippen LogP contribution < -0.4 is 10.1 Å². The Balaban J connectivity index is 1.73. The van der Waals surface area contributed by atoms with E-state index >= 15 is 0 Å². The molecule has 1 N–H and O–H groups in total. The molecule has 1 atom stereocenters. The van der Waals surface area contributed by atoms with E-state index < -0.39 is 6.10 Å². The van der Waals surface area contributed by atoms with Crippen LogP contribution in [0, 0.1) is 11.3 Å². The zero-order valence-electron chi connectivity index (χ0n) is 17.2. The molecule has 0 spiro atoms. The first-order valence-electron chi connectivity index (χ1n) is 10.8. The summed E-state index contributed by atoms with van der Waals surface area (Å²) in [5.41, 5.74) is 1.81. The molecule has 3 rings (SSSR count). The molecule has 0 bridgehead atoms. The number of carbonyl (C=O) groups excluding carboxylic acids is 1. The summed E-state index contributed by atoms with van der Waals surface area (Å²) in [7, 11) is 0. The number of rotatable bonds is 4. The van der Waals surface area contributed by atoms with E-state index in [1.165, 1.54) is 43.4 Å². The highest BCUT2D eigenvalue weighted by Gasteiger charge is 2.22. The number of carbonyl (C=O) groups is 1. The monoisotopic (exact) mass is 410 g/mol. The SMILES string of the molecule is C[C@@H](Oc1ccccc1)C(=O)Nc1sc2c(c1C#N)CCCCCCCCCC2. The van der Waals surface area contributed by atoms with Crippen molar-refractivity contribution in [3.05, 3.63) is 46.3 Å². The molecule has 0 aliphatic heterocycles. The lowest BCUT2D eigenvalue weighted by Crippen LogP contribution is -2.30. The van der Waals surface area contributed by atoms with Crippen molar-refractivity contribution in [1.29, 1.82) is 5.26 Å². The molecule has 4 nitrogen and oxygen atoms in total. The number of amides is 1. The number of nitriles is 1. The van der Waals surface area contributed by atoms with Gasteiger partial charge in [0.05, 0.1) is 5.56 Å². The Bertz CT molecular complexity index is 839. The van der Waals surface area contributed by atoms with Gasteiger partial charge in [0.25, 0.3) is 5.91 Å². The highest BCUT2D eigenvalue weighted by atomic mass is 32.1. The van der Waals surface area contributed by atoms with E-state index in [1.54, 1.807) is 18.3 Å². The number of hydrogen-bond donors (Lipinski definition) is 1. The molecule has 0 unspecified atom stereocenters. The van der Waals surface area contributed by atoms with Crippen LogP contribution in [0.4, 0.5) is 5.00 Å². The van der Waals surface area contributed by atoms with Crippen LogP contribution in [-0.2, 0) is 17.6 Å². The number of anilines is 1. The molecule has 1 amide bonds. The highest BCUT2D eigenvalue weighted by molar-refractivity contribution is 7.16. The predicted molar refractivity (Wildman–Crippen MR) is 119 cm³/mol. The Morgan fingerprint density at radius 3 is 2.31 bits per heavy atom. The third-order valence-corrected chi connectivity index (χ3v) is 6.65. The van der Waals surface area contributed by atoms with E-state index in [0.717, 1.165) is 31.2 Å². The van der Waals surface area contributed by atoms with Crippen LogP contribution in [0.5, 0.6) is 5.75 Å². The molecule has 1 aromatic heterocycles. The fraction of sp³-hybridized carbons (Fsp3) is 0.500. The van der Waals surface area contributed by atoms with Crippen molar-refractivity contribution >= 4 is 22.2 Å². The Hall–Kier alpha value is -2.32. The third kappa shape index (κ3) is 6.08. The van der Waals surface area contributed by atoms with E-state index in [0.29, 0.717) is 16.3 Å². The van der Waals surface area contributed by atoms with Crippen molar-refractivity contribution < 1.29 is 9.53 Å². The minimum Gasteiger partial charge on any atom is -0.481 e. The van der Waals surface area contributed by atoms with Crippen molar-refractivity contribution in [2.75, 3.05) is 5.32 Å². The second-order valence-corrected chi connectivity index (χ2v) is 8.82. The van der Waals surface area contributed by atoms with Crippen LogP contribution >= 0.6 is 11.3 Å². The maximum atomic E-state index is 12.7. The van der Waals surface area contributed by atoms with Gasteiger partial charge in [-0.05, 0) is 50.3 Å². The van der Waals surface area contributed by atoms with Crippen LogP contribution in [0.25, 0.3) is 0 Å². The molecule has 29 heavy (non-hydrogen) atoms. The average Bonchev–Trinajstić information content (AvgIpc) is 3.04. The molecular formula is C24H30N2O2S. The number of ether oxygens (including phenoxy) is 1. The summed E-state index contributed by atoms with van der Waals surface area (Å²) in [5.74, 6) is 0.441. The predicted octanol–water partition coefficient (Wildman–Crippen LogP) is 6.25. The van der Waals surface area contributed by atoms with E-state index in [1.807, 2.05) is 30.3 Å². The molecule has 0 radical (unpaired) electrons. The lowest BCUT2D eigenvalue weighted by molar-refractivity contribution is -0.122. The normalized spacial score (nSPS) is 16.4. The van der Waals surface area contributed by atoms with Gasteiger partial charge in [-0.2, -0.15) is 5.26 Å². The maximum Gasteiger partial charge on any atom is 0.265 e. The molecule has 1 aliphatic carbocycles. The number of aryl methyl sites for hydroxylation is 1. The molecule has 1 aromatic carbocycles. The van der Waals surface area contributed by atoms with Crippen LogP contribution in [0.1, 0.15) is 74.3 Å². The molecule has 0 saturated carbocycles. The quantitative estimate of drug-likeness (QED) is 0.648. The first-order valence-corrected chi connectivity index (χ1v) is 11.6. The van der Waals surface area contributed by atoms with Crippen molar-refractivity contribution in [3.63, 3.8) is 0 Å². The van der Waals surface area contributed by atoms with Crippen molar-refractivity contribution in [3.8, 4) is 11.8 Å². The smallest absolute Gasteiger partial charge is 0.265 e. The van der Waals surface area contributed by atoms with Gasteiger partial charge in [0.15, 0.2) is 6.10 Å². The molecule has 1 heterocycles. The van der Waals surface area contributed by atoms with Crippen molar-refractivity contribution in [2.24, 2.45) is 0 Å². The molecule has 0 fully saturated rings. The van der Waals surface area contributed by atoms with Gasteiger partial charge in [-0.25, -0.2) is 0 Å². The number of hydrogen-bond acceptors (Lipinski definition) is 4. The lowest BCUT2D eigenvalue weighted by atomic mass is 9.98. The van der Waals surface area contributed by atoms with Gasteiger partial charge >= 0.3 is 0 Å². The van der Waals surface area contributed by atoms with Gasteiger partial charge in [0.2, 0.25) is 0 Å². The van der Waals surface area contributed by atoms with Gasteiger partial charge in [0, 0.05) is 4.88 Å². The highest BCUT2D eigenvalue weighted by Crippen LogP contribution is 2.36. The average molecular weight is 411 g/mol. The van der Waals surface area contributed by atoms with Crippen LogP contribution in [0.3, 0.4) is 0 Å². The summed E-state index contributed by atoms with van der Waals surface area (Å²) in [6.07, 6.45) is 11.2. The zero-order valence-corrected chi connectivity index (χ0v) is 18.0. The van der Waals surface area contributed by atoms with E-state index in [-0.39, 0.29) is 5.91 Å². The van der Waals surface area contributed by atoms with Crippen molar-refractivity contribution in [2.45, 2.75) is 77.2 Å². The first-order chi connectivity index (χ1) is 14.2. The minimum atomic E-state index is -0.632. The Kier molecular flexibility index (Phi) is 8.13. The molecular weight excluding hydrogens is 380 g/mol. The number of nitrogens with zero attached hydrogens (tertiary/aromatic N) is 1. The summed E-state index contributed by atoms with van der Waals surface area (Å²) in [6, 6.07) is 11.7. The van der Waals surface area contributed by atoms with Gasteiger partial charge < -0.3 is 10.1 Å². The first kappa shape index (κ1) is 21.4. The number of fused-ring (bicyclic) bond motifs is 1. The largest absolute Gasteiger partial charge is 0.481 e. The van der Waals surface area contributed by atoms with Gasteiger partial charge in [-0.15, -0.1) is 11.3 Å². The summed E-state index contributed by atoms with van der Waals surface area (Å²) >= 11 is 1.58. The molecule has 0 saturated heterocycles. The molecule has 1 aliphatic rings. The van der Waals surface area contributed by atoms with Crippen LogP contribution in [0.2, 0.25) is 0 Å². The number of para-hydroxylation sites is 1. The lowest BCUT2D eigenvalue weighted by Gasteiger charge is -2.14. The fourth-order valence-electron chi connectivity index (χ4n) is 3.80. The number of thiophene rings is 1. The van der Waals surface area contributed by atoms with Gasteiger partial charge in [-0.3, -0.25) is 4.79 Å². The van der Waals surface area contributed by atoms with Crippen molar-refractivity contribution in [1.82, 2.24) is 0 Å². The van der Waals surface area contributed by atoms with Crippen LogP contribution in [0.15, 0.2) is 30.3 Å². The fourth-order valence-corrected chi connectivity index (χ4v) is 5.05. The minimum absolute atomic E-state index is 0.220. The zero-order chi connectivity index (χ0) is 20.5. The topological polar surface area (TPSA) is 62.1 Å². The van der Waals surface area contributed by atoms with Gasteiger partial charge in [-0.1, -0.05) is 56.7 Å². The molecule has 2 aromatic rings. The standard InChI is InChI=1S/C24H30N2O2S/c1-18(28-19-13-9-8-10-14-19)23(27)26-24-21(17-25)20-15-11-6-4-2-3-5-7-12-16-22(20)29-24/h8-10,13-14,18H,2-7,11-12,15-16H2,1H3,(H,26,27)/t18-/m1/s1. The number of benzene rings is 1. The molecule has 154 valence electrons. The van der Waals surface area contributed by atoms with E-state index in [9.17, 15) is 10.1 Å². The second-order valence-electron chi connectivity index (χ2n) is 7.71. The summed E-state index contributed by atoms with van der Waals surface area (Å²) in [5, 5.41) is 13.5. The number of nitrogens with one attached hydrogen (secondary N) is 1. The van der Waals surface area contributed by atoms with Gasteiger partial charge in [0.1, 0.15) is 16.8 Å². The third-order valence-electron chi connectivity index (χ3n) is 5.45. The van der Waals surface area contributed by atoms with Crippen LogP contribution in [-0.4, -0.2) is 12.0 Å². The summed E-state index contributed by atoms with van der Waals surface area (Å²) < 4.78 is 5.73. The Labute approximate surface area is 177 Å². The Morgan fingerprint density at radius 2 is 1.66 bits per heavy atom. The van der Waals surface area contributed by atoms with E-state index in [4.69, 9.17) is 4.74 Å². The second kappa shape index (κ2) is 11.0. The maximum absolute atomic E-state index is 12.7. The summed E-state index contributed by atoms with van der Waals surface area (Å²) in [6.45, 7) is 1.74.